The lowest BCUT2D eigenvalue weighted by atomic mass is 9.80. The Labute approximate surface area is 146 Å². The Bertz CT molecular complexity index is 800. The molecule has 2 aliphatic heterocycles. The maximum absolute atomic E-state index is 12.8. The highest BCUT2D eigenvalue weighted by Crippen LogP contribution is 2.38. The number of phenolic OH excluding ortho intramolecular Hbond substituents is 2. The van der Waals surface area contributed by atoms with Crippen molar-refractivity contribution >= 4 is 5.91 Å². The van der Waals surface area contributed by atoms with E-state index in [1.807, 2.05) is 12.1 Å². The van der Waals surface area contributed by atoms with Crippen molar-refractivity contribution in [3.05, 3.63) is 59.2 Å². The van der Waals surface area contributed by atoms with Crippen LogP contribution in [0.4, 0.5) is 0 Å². The maximum Gasteiger partial charge on any atom is 0.228 e. The van der Waals surface area contributed by atoms with Crippen molar-refractivity contribution in [2.24, 2.45) is 5.41 Å². The second-order valence-electron chi connectivity index (χ2n) is 7.23. The molecular formula is C20H22N2O3. The van der Waals surface area contributed by atoms with Crippen molar-refractivity contribution in [2.75, 3.05) is 13.1 Å². The van der Waals surface area contributed by atoms with Gasteiger partial charge in [0, 0.05) is 25.7 Å². The molecule has 5 nitrogen and oxygen atoms in total. The van der Waals surface area contributed by atoms with Gasteiger partial charge in [-0.1, -0.05) is 24.3 Å². The Hall–Kier alpha value is -2.53. The summed E-state index contributed by atoms with van der Waals surface area (Å²) in [5, 5.41) is 22.4. The highest BCUT2D eigenvalue weighted by atomic mass is 16.3. The smallest absolute Gasteiger partial charge is 0.228 e. The molecule has 2 heterocycles. The molecule has 2 aromatic rings. The Kier molecular flexibility index (Phi) is 3.88. The average Bonchev–Trinajstić information content (AvgIpc) is 2.90. The summed E-state index contributed by atoms with van der Waals surface area (Å²) in [7, 11) is 0. The van der Waals surface area contributed by atoms with E-state index in [0.717, 1.165) is 24.9 Å². The summed E-state index contributed by atoms with van der Waals surface area (Å²) in [4.78, 5) is 15.0. The van der Waals surface area contributed by atoms with Crippen LogP contribution in [0.5, 0.6) is 11.5 Å². The molecule has 1 fully saturated rings. The lowest BCUT2D eigenvalue weighted by Gasteiger charge is -2.26. The first-order valence-electron chi connectivity index (χ1n) is 8.63. The standard InChI is InChI=1S/C20H22N2O3/c23-17-7-14(8-18(24)9-17)12-22-6-5-20(13-22)10-15-3-1-2-4-16(15)11-21-19(20)25/h1-4,7-9,23-24H,5-6,10-13H2,(H,21,25). The van der Waals surface area contributed by atoms with E-state index in [1.54, 1.807) is 12.1 Å². The molecule has 0 saturated carbocycles. The number of aromatic hydroxyl groups is 2. The van der Waals surface area contributed by atoms with Crippen LogP contribution in [0.25, 0.3) is 0 Å². The van der Waals surface area contributed by atoms with Gasteiger partial charge in [0.15, 0.2) is 0 Å². The third kappa shape index (κ3) is 3.07. The van der Waals surface area contributed by atoms with Gasteiger partial charge >= 0.3 is 0 Å². The summed E-state index contributed by atoms with van der Waals surface area (Å²) in [5.74, 6) is 0.250. The minimum atomic E-state index is -0.397. The van der Waals surface area contributed by atoms with Gasteiger partial charge in [-0.25, -0.2) is 0 Å². The summed E-state index contributed by atoms with van der Waals surface area (Å²) >= 11 is 0. The quantitative estimate of drug-likeness (QED) is 0.785. The first-order chi connectivity index (χ1) is 12.0. The second-order valence-corrected chi connectivity index (χ2v) is 7.23. The molecule has 1 amide bonds. The average molecular weight is 338 g/mol. The Morgan fingerprint density at radius 2 is 1.80 bits per heavy atom. The van der Waals surface area contributed by atoms with Crippen LogP contribution in [0.3, 0.4) is 0 Å². The van der Waals surface area contributed by atoms with E-state index >= 15 is 0 Å². The molecule has 0 aliphatic carbocycles. The van der Waals surface area contributed by atoms with Gasteiger partial charge in [-0.05, 0) is 48.2 Å². The fourth-order valence-electron chi connectivity index (χ4n) is 4.14. The van der Waals surface area contributed by atoms with Gasteiger partial charge < -0.3 is 15.5 Å². The molecule has 2 aromatic carbocycles. The highest BCUT2D eigenvalue weighted by Gasteiger charge is 2.45. The lowest BCUT2D eigenvalue weighted by molar-refractivity contribution is -0.130. The minimum Gasteiger partial charge on any atom is -0.508 e. The van der Waals surface area contributed by atoms with Gasteiger partial charge in [-0.3, -0.25) is 9.69 Å². The number of hydrogen-bond donors (Lipinski definition) is 3. The SMILES string of the molecule is O=C1NCc2ccccc2CC12CCN(Cc1cc(O)cc(O)c1)C2. The number of rotatable bonds is 2. The van der Waals surface area contributed by atoms with E-state index in [9.17, 15) is 15.0 Å². The van der Waals surface area contributed by atoms with E-state index in [0.29, 0.717) is 19.6 Å². The van der Waals surface area contributed by atoms with E-state index in [4.69, 9.17) is 0 Å². The van der Waals surface area contributed by atoms with Crippen molar-refractivity contribution in [2.45, 2.75) is 25.9 Å². The number of hydrogen-bond acceptors (Lipinski definition) is 4. The van der Waals surface area contributed by atoms with E-state index in [2.05, 4.69) is 22.3 Å². The van der Waals surface area contributed by atoms with Gasteiger partial charge in [-0.15, -0.1) is 0 Å². The van der Waals surface area contributed by atoms with Crippen molar-refractivity contribution in [3.8, 4) is 11.5 Å². The zero-order chi connectivity index (χ0) is 17.4. The van der Waals surface area contributed by atoms with Crippen LogP contribution in [0.1, 0.15) is 23.1 Å². The molecule has 1 spiro atoms. The molecule has 3 N–H and O–H groups in total. The molecule has 0 bridgehead atoms. The molecule has 25 heavy (non-hydrogen) atoms. The van der Waals surface area contributed by atoms with E-state index in [1.165, 1.54) is 17.2 Å². The molecule has 0 aromatic heterocycles. The predicted octanol–water partition coefficient (Wildman–Crippen LogP) is 2.16. The first kappa shape index (κ1) is 16.0. The molecule has 4 rings (SSSR count). The van der Waals surface area contributed by atoms with Crippen LogP contribution >= 0.6 is 0 Å². The van der Waals surface area contributed by atoms with Gasteiger partial charge in [-0.2, -0.15) is 0 Å². The van der Waals surface area contributed by atoms with Crippen LogP contribution in [0.2, 0.25) is 0 Å². The summed E-state index contributed by atoms with van der Waals surface area (Å²) in [6.07, 6.45) is 1.58. The monoisotopic (exact) mass is 338 g/mol. The number of benzene rings is 2. The summed E-state index contributed by atoms with van der Waals surface area (Å²) in [5.41, 5.74) is 2.90. The number of carbonyl (C=O) groups is 1. The minimum absolute atomic E-state index is 0.0602. The fourth-order valence-corrected chi connectivity index (χ4v) is 4.14. The summed E-state index contributed by atoms with van der Waals surface area (Å²) in [6.45, 7) is 2.71. The Balaban J connectivity index is 1.55. The molecule has 1 saturated heterocycles. The van der Waals surface area contributed by atoms with Gasteiger partial charge in [0.2, 0.25) is 5.91 Å². The third-order valence-electron chi connectivity index (χ3n) is 5.37. The molecular weight excluding hydrogens is 316 g/mol. The molecule has 1 unspecified atom stereocenters. The zero-order valence-corrected chi connectivity index (χ0v) is 14.0. The summed E-state index contributed by atoms with van der Waals surface area (Å²) < 4.78 is 0. The van der Waals surface area contributed by atoms with Crippen molar-refractivity contribution in [1.82, 2.24) is 10.2 Å². The van der Waals surface area contributed by atoms with Crippen LogP contribution in [0.15, 0.2) is 42.5 Å². The molecule has 5 heteroatoms. The largest absolute Gasteiger partial charge is 0.508 e. The van der Waals surface area contributed by atoms with Crippen LogP contribution < -0.4 is 5.32 Å². The zero-order valence-electron chi connectivity index (χ0n) is 14.0. The molecule has 1 atom stereocenters. The van der Waals surface area contributed by atoms with Crippen LogP contribution in [0, 0.1) is 5.41 Å². The normalized spacial score (nSPS) is 23.3. The van der Waals surface area contributed by atoms with Crippen molar-refractivity contribution < 1.29 is 15.0 Å². The Morgan fingerprint density at radius 3 is 2.56 bits per heavy atom. The number of phenols is 2. The van der Waals surface area contributed by atoms with Gasteiger partial charge in [0.1, 0.15) is 11.5 Å². The molecule has 0 radical (unpaired) electrons. The summed E-state index contributed by atoms with van der Waals surface area (Å²) in [6, 6.07) is 12.9. The number of nitrogens with zero attached hydrogens (tertiary/aromatic N) is 1. The molecule has 2 aliphatic rings. The number of amides is 1. The topological polar surface area (TPSA) is 72.8 Å². The Morgan fingerprint density at radius 1 is 1.08 bits per heavy atom. The number of carbonyl (C=O) groups excluding carboxylic acids is 1. The predicted molar refractivity (Wildman–Crippen MR) is 94.1 cm³/mol. The molecule has 130 valence electrons. The van der Waals surface area contributed by atoms with Gasteiger partial charge in [0.25, 0.3) is 0 Å². The van der Waals surface area contributed by atoms with E-state index in [-0.39, 0.29) is 17.4 Å². The highest BCUT2D eigenvalue weighted by molar-refractivity contribution is 5.84. The maximum atomic E-state index is 12.8. The van der Waals surface area contributed by atoms with E-state index < -0.39 is 5.41 Å². The van der Waals surface area contributed by atoms with Crippen molar-refractivity contribution in [3.63, 3.8) is 0 Å². The van der Waals surface area contributed by atoms with Crippen LogP contribution in [-0.2, 0) is 24.3 Å². The van der Waals surface area contributed by atoms with Crippen molar-refractivity contribution in [1.29, 1.82) is 0 Å². The third-order valence-corrected chi connectivity index (χ3v) is 5.37. The van der Waals surface area contributed by atoms with Crippen LogP contribution in [-0.4, -0.2) is 34.1 Å². The fraction of sp³-hybridized carbons (Fsp3) is 0.350. The van der Waals surface area contributed by atoms with Gasteiger partial charge in [0.05, 0.1) is 5.41 Å². The number of likely N-dealkylation sites (tertiary alicyclic amines) is 1. The second kappa shape index (κ2) is 6.08. The first-order valence-corrected chi connectivity index (χ1v) is 8.63. The number of fused-ring (bicyclic) bond motifs is 1. The lowest BCUT2D eigenvalue weighted by Crippen LogP contribution is -2.42. The number of nitrogens with one attached hydrogen (secondary N) is 1.